The van der Waals surface area contributed by atoms with Crippen molar-refractivity contribution in [1.82, 2.24) is 25.1 Å². The lowest BCUT2D eigenvalue weighted by Crippen LogP contribution is -2.57. The molecule has 4 aliphatic rings. The quantitative estimate of drug-likeness (QED) is 0.831. The molecule has 1 N–H and O–H groups in total. The Kier molecular flexibility index (Phi) is 5.43. The van der Waals surface area contributed by atoms with Crippen molar-refractivity contribution in [3.63, 3.8) is 0 Å². The van der Waals surface area contributed by atoms with Gasteiger partial charge in [0.05, 0.1) is 19.5 Å². The zero-order valence-electron chi connectivity index (χ0n) is 17.4. The third-order valence-corrected chi connectivity index (χ3v) is 6.68. The van der Waals surface area contributed by atoms with Crippen LogP contribution in [0.1, 0.15) is 30.3 Å². The fourth-order valence-electron chi connectivity index (χ4n) is 5.10. The van der Waals surface area contributed by atoms with Crippen molar-refractivity contribution in [1.29, 1.82) is 0 Å². The Bertz CT molecular complexity index is 881. The van der Waals surface area contributed by atoms with Crippen molar-refractivity contribution in [2.24, 2.45) is 5.92 Å². The number of ether oxygens (including phenoxy) is 1. The van der Waals surface area contributed by atoms with Crippen LogP contribution in [-0.4, -0.2) is 77.8 Å². The molecule has 160 valence electrons. The number of aromatic nitrogens is 2. The summed E-state index contributed by atoms with van der Waals surface area (Å²) in [6.07, 6.45) is 3.95. The Labute approximate surface area is 176 Å². The number of hydrogen-bond donors (Lipinski definition) is 1. The Balaban J connectivity index is 1.24. The second kappa shape index (κ2) is 8.35. The lowest BCUT2D eigenvalue weighted by molar-refractivity contribution is 0.0274. The van der Waals surface area contributed by atoms with E-state index in [-0.39, 0.29) is 6.03 Å². The first-order chi connectivity index (χ1) is 14.7. The predicted octanol–water partition coefficient (Wildman–Crippen LogP) is 2.26. The largest absolute Gasteiger partial charge is 0.463 e. The Hall–Kier alpha value is -2.45. The number of carbonyl (C=O) groups excluding carboxylic acids is 1. The van der Waals surface area contributed by atoms with Crippen molar-refractivity contribution in [3.8, 4) is 11.5 Å². The molecule has 0 spiro atoms. The van der Waals surface area contributed by atoms with Crippen LogP contribution in [0.5, 0.6) is 0 Å². The van der Waals surface area contributed by atoms with Crippen molar-refractivity contribution >= 4 is 6.03 Å². The van der Waals surface area contributed by atoms with Gasteiger partial charge in [0.25, 0.3) is 0 Å². The van der Waals surface area contributed by atoms with E-state index >= 15 is 0 Å². The molecule has 4 saturated heterocycles. The molecule has 4 atom stereocenters. The van der Waals surface area contributed by atoms with Gasteiger partial charge in [0, 0.05) is 43.8 Å². The number of fused-ring (bicyclic) bond motifs is 3. The fraction of sp³-hybridized carbons (Fsp3) is 0.591. The molecular formula is C22H29N5O3. The summed E-state index contributed by atoms with van der Waals surface area (Å²) in [6.45, 7) is 7.34. The van der Waals surface area contributed by atoms with Crippen LogP contribution in [0.15, 0.2) is 28.9 Å². The maximum Gasteiger partial charge on any atom is 0.317 e. The number of rotatable bonds is 4. The maximum atomic E-state index is 12.4. The number of amides is 2. The minimum Gasteiger partial charge on any atom is -0.463 e. The van der Waals surface area contributed by atoms with Crippen molar-refractivity contribution in [2.45, 2.75) is 31.7 Å². The van der Waals surface area contributed by atoms with Gasteiger partial charge in [-0.1, -0.05) is 0 Å². The lowest BCUT2D eigenvalue weighted by atomic mass is 9.74. The number of hydrogen-bond acceptors (Lipinski definition) is 6. The van der Waals surface area contributed by atoms with Gasteiger partial charge in [0.1, 0.15) is 11.5 Å². The molecular weight excluding hydrogens is 382 g/mol. The molecule has 2 amide bonds. The minimum atomic E-state index is 0.0343. The first-order valence-corrected chi connectivity index (χ1v) is 10.9. The number of aryl methyl sites for hydroxylation is 1. The summed E-state index contributed by atoms with van der Waals surface area (Å²) >= 11 is 0. The average Bonchev–Trinajstić information content (AvgIpc) is 3.33. The number of nitrogens with zero attached hydrogens (tertiary/aromatic N) is 4. The molecule has 30 heavy (non-hydrogen) atoms. The number of carbonyl (C=O) groups is 1. The Morgan fingerprint density at radius 2 is 2.13 bits per heavy atom. The van der Waals surface area contributed by atoms with Crippen molar-refractivity contribution < 1.29 is 13.9 Å². The Morgan fingerprint density at radius 1 is 1.27 bits per heavy atom. The Morgan fingerprint density at radius 3 is 2.87 bits per heavy atom. The smallest absolute Gasteiger partial charge is 0.317 e. The van der Waals surface area contributed by atoms with Gasteiger partial charge in [-0.15, -0.1) is 0 Å². The summed E-state index contributed by atoms with van der Waals surface area (Å²) in [7, 11) is 0. The molecule has 6 heterocycles. The van der Waals surface area contributed by atoms with E-state index in [2.05, 4.69) is 21.3 Å². The van der Waals surface area contributed by atoms with Gasteiger partial charge in [-0.2, -0.15) is 0 Å². The van der Waals surface area contributed by atoms with Crippen molar-refractivity contribution in [3.05, 3.63) is 36.0 Å². The molecule has 4 aliphatic heterocycles. The van der Waals surface area contributed by atoms with Crippen LogP contribution < -0.4 is 5.32 Å². The van der Waals surface area contributed by atoms with Gasteiger partial charge in [-0.05, 0) is 50.4 Å². The van der Waals surface area contributed by atoms with Crippen LogP contribution in [0.25, 0.3) is 11.5 Å². The van der Waals surface area contributed by atoms with Gasteiger partial charge in [0.15, 0.2) is 5.76 Å². The van der Waals surface area contributed by atoms with E-state index in [0.29, 0.717) is 50.7 Å². The zero-order chi connectivity index (χ0) is 20.5. The van der Waals surface area contributed by atoms with Crippen LogP contribution in [-0.2, 0) is 4.74 Å². The van der Waals surface area contributed by atoms with E-state index in [9.17, 15) is 4.79 Å². The molecule has 0 radical (unpaired) electrons. The summed E-state index contributed by atoms with van der Waals surface area (Å²) in [6, 6.07) is 6.35. The summed E-state index contributed by atoms with van der Waals surface area (Å²) in [5.74, 6) is 2.55. The minimum absolute atomic E-state index is 0.0343. The molecule has 0 aliphatic carbocycles. The van der Waals surface area contributed by atoms with Gasteiger partial charge >= 0.3 is 6.03 Å². The normalized spacial score (nSPS) is 28.5. The topological polar surface area (TPSA) is 83.7 Å². The van der Waals surface area contributed by atoms with Crippen LogP contribution in [0.2, 0.25) is 0 Å². The second-order valence-electron chi connectivity index (χ2n) is 8.53. The van der Waals surface area contributed by atoms with E-state index in [1.807, 2.05) is 24.0 Å². The summed E-state index contributed by atoms with van der Waals surface area (Å²) in [4.78, 5) is 26.1. The highest BCUT2D eigenvalue weighted by Gasteiger charge is 2.41. The average molecular weight is 412 g/mol. The lowest BCUT2D eigenvalue weighted by Gasteiger charge is -2.49. The highest BCUT2D eigenvalue weighted by molar-refractivity contribution is 5.74. The highest BCUT2D eigenvalue weighted by atomic mass is 16.5. The third kappa shape index (κ3) is 3.94. The molecule has 2 aromatic heterocycles. The van der Waals surface area contributed by atoms with Crippen LogP contribution in [0, 0.1) is 12.8 Å². The monoisotopic (exact) mass is 411 g/mol. The number of furan rings is 1. The predicted molar refractivity (Wildman–Crippen MR) is 111 cm³/mol. The number of piperidine rings is 3. The van der Waals surface area contributed by atoms with Gasteiger partial charge in [0.2, 0.25) is 0 Å². The molecule has 1 unspecified atom stereocenters. The summed E-state index contributed by atoms with van der Waals surface area (Å²) in [5.41, 5.74) is 1.97. The standard InChI is InChI=1S/C22H29N5O3/c1-15-24-19(12-20(25-15)21-3-2-8-30-21)18-14-27-5-4-16(18)11-17(27)13-23-22(28)26-6-9-29-10-7-26/h2-3,8,12,16-18H,4-7,9-11,13-14H2,1H3,(H,23,28)/t16-,17+,18-/m0/s1. The van der Waals surface area contributed by atoms with Crippen LogP contribution >= 0.6 is 0 Å². The molecule has 6 rings (SSSR count). The van der Waals surface area contributed by atoms with Gasteiger partial charge in [-0.3, -0.25) is 4.90 Å². The van der Waals surface area contributed by atoms with E-state index in [4.69, 9.17) is 14.1 Å². The third-order valence-electron chi connectivity index (χ3n) is 6.68. The molecule has 2 bridgehead atoms. The molecule has 8 nitrogen and oxygen atoms in total. The summed E-state index contributed by atoms with van der Waals surface area (Å²) in [5, 5.41) is 3.15. The second-order valence-corrected chi connectivity index (χ2v) is 8.53. The molecule has 0 aromatic carbocycles. The molecule has 2 aromatic rings. The van der Waals surface area contributed by atoms with Crippen LogP contribution in [0.3, 0.4) is 0 Å². The maximum absolute atomic E-state index is 12.4. The number of nitrogens with one attached hydrogen (secondary N) is 1. The van der Waals surface area contributed by atoms with Gasteiger partial charge < -0.3 is 19.4 Å². The van der Waals surface area contributed by atoms with E-state index in [0.717, 1.165) is 42.5 Å². The van der Waals surface area contributed by atoms with E-state index < -0.39 is 0 Å². The van der Waals surface area contributed by atoms with Crippen molar-refractivity contribution in [2.75, 3.05) is 45.9 Å². The van der Waals surface area contributed by atoms with E-state index in [1.54, 1.807) is 6.26 Å². The van der Waals surface area contributed by atoms with Crippen LogP contribution in [0.4, 0.5) is 4.79 Å². The number of morpholine rings is 1. The molecule has 4 fully saturated rings. The van der Waals surface area contributed by atoms with Gasteiger partial charge in [-0.25, -0.2) is 14.8 Å². The fourth-order valence-corrected chi connectivity index (χ4v) is 5.10. The SMILES string of the molecule is Cc1nc(-c2ccco2)cc([C@H]2CN3CC[C@H]2C[C@@H]3CNC(=O)N2CCOCC2)n1. The first kappa shape index (κ1) is 19.5. The highest BCUT2D eigenvalue weighted by Crippen LogP contribution is 2.41. The first-order valence-electron chi connectivity index (χ1n) is 10.9. The molecule has 8 heteroatoms. The zero-order valence-corrected chi connectivity index (χ0v) is 17.4. The molecule has 0 saturated carbocycles. The van der Waals surface area contributed by atoms with E-state index in [1.165, 1.54) is 6.42 Å². The number of urea groups is 1. The summed E-state index contributed by atoms with van der Waals surface area (Å²) < 4.78 is 10.9.